The largest absolute Gasteiger partial charge is 0.479 e. The first-order valence-electron chi connectivity index (χ1n) is 3.47. The van der Waals surface area contributed by atoms with E-state index in [9.17, 15) is 9.59 Å². The Morgan fingerprint density at radius 3 is 1.07 bits per heavy atom. The van der Waals surface area contributed by atoms with Crippen molar-refractivity contribution >= 4 is 11.9 Å². The molecule has 0 aromatic heterocycles. The molecular formula is C6H14NO8+. The van der Waals surface area contributed by atoms with E-state index in [1.54, 1.807) is 0 Å². The van der Waals surface area contributed by atoms with Gasteiger partial charge in [0.25, 0.3) is 0 Å². The van der Waals surface area contributed by atoms with Crippen molar-refractivity contribution in [2.75, 3.05) is 0 Å². The van der Waals surface area contributed by atoms with Crippen molar-refractivity contribution in [1.82, 2.24) is 6.15 Å². The minimum Gasteiger partial charge on any atom is -0.479 e. The molecule has 10 N–H and O–H groups in total. The van der Waals surface area contributed by atoms with Gasteiger partial charge in [0, 0.05) is 0 Å². The molecule has 0 aliphatic heterocycles. The van der Waals surface area contributed by atoms with Gasteiger partial charge in [-0.1, -0.05) is 0 Å². The summed E-state index contributed by atoms with van der Waals surface area (Å²) in [6.07, 6.45) is -9.28. The zero-order valence-electron chi connectivity index (χ0n) is 7.81. The number of hydrogen-bond acceptors (Lipinski definition) is 6. The zero-order chi connectivity index (χ0) is 11.5. The Bertz CT molecular complexity index is 207. The van der Waals surface area contributed by atoms with E-state index in [0.29, 0.717) is 0 Å². The van der Waals surface area contributed by atoms with Gasteiger partial charge in [-0.25, -0.2) is 9.59 Å². The number of aliphatic hydroxyl groups excluding tert-OH is 4. The topological polar surface area (TPSA) is 192 Å². The van der Waals surface area contributed by atoms with Gasteiger partial charge in [0.15, 0.2) is 12.2 Å². The third-order valence-corrected chi connectivity index (χ3v) is 1.50. The standard InChI is InChI=1S/C6H10O8.H3N/c7-1(3(9)5(11)12)2(8)4(10)6(13)14;/h1-4,7-10H,(H,11,12)(H,13,14);1H3/p+1/t1-,2+,3-,4+;. The molecule has 0 heterocycles. The van der Waals surface area contributed by atoms with E-state index < -0.39 is 36.4 Å². The molecule has 0 aromatic carbocycles. The Kier molecular flexibility index (Phi) is 6.76. The quantitative estimate of drug-likeness (QED) is 0.258. The summed E-state index contributed by atoms with van der Waals surface area (Å²) in [7, 11) is 0. The number of hydrogen-bond donors (Lipinski definition) is 7. The van der Waals surface area contributed by atoms with Gasteiger partial charge in [-0.05, 0) is 0 Å². The summed E-state index contributed by atoms with van der Waals surface area (Å²) >= 11 is 0. The Balaban J connectivity index is 0. The fourth-order valence-electron chi connectivity index (χ4n) is 0.666. The summed E-state index contributed by atoms with van der Waals surface area (Å²) in [6.45, 7) is 0. The second kappa shape index (κ2) is 6.27. The van der Waals surface area contributed by atoms with Crippen molar-refractivity contribution in [2.45, 2.75) is 24.4 Å². The van der Waals surface area contributed by atoms with Crippen molar-refractivity contribution in [1.29, 1.82) is 0 Å². The summed E-state index contributed by atoms with van der Waals surface area (Å²) < 4.78 is 0. The molecule has 0 aliphatic rings. The highest BCUT2D eigenvalue weighted by molar-refractivity contribution is 5.75. The second-order valence-electron chi connectivity index (χ2n) is 2.55. The Morgan fingerprint density at radius 2 is 0.933 bits per heavy atom. The van der Waals surface area contributed by atoms with Gasteiger partial charge in [-0.3, -0.25) is 0 Å². The smallest absolute Gasteiger partial charge is 0.335 e. The predicted octanol–water partition coefficient (Wildman–Crippen LogP) is -3.02. The molecule has 0 rings (SSSR count). The third kappa shape index (κ3) is 4.18. The molecule has 0 saturated heterocycles. The summed E-state index contributed by atoms with van der Waals surface area (Å²) in [5.41, 5.74) is 0. The maximum Gasteiger partial charge on any atom is 0.335 e. The highest BCUT2D eigenvalue weighted by atomic mass is 16.4. The normalized spacial score (nSPS) is 18.1. The Hall–Kier alpha value is -1.26. The minimum atomic E-state index is -2.36. The number of aliphatic carboxylic acids is 2. The lowest BCUT2D eigenvalue weighted by Crippen LogP contribution is -2.49. The van der Waals surface area contributed by atoms with Gasteiger partial charge < -0.3 is 36.8 Å². The van der Waals surface area contributed by atoms with Crippen molar-refractivity contribution in [3.8, 4) is 0 Å². The SMILES string of the molecule is O=C(O)[C@@H](O)[C@@H](O)[C@@H](O)[C@@H](O)C(=O)O.[NH4+]. The number of quaternary nitrogens is 1. The maximum atomic E-state index is 10.1. The van der Waals surface area contributed by atoms with Crippen LogP contribution in [0.4, 0.5) is 0 Å². The molecule has 15 heavy (non-hydrogen) atoms. The zero-order valence-corrected chi connectivity index (χ0v) is 7.81. The summed E-state index contributed by atoms with van der Waals surface area (Å²) in [5, 5.41) is 51.5. The highest BCUT2D eigenvalue weighted by Crippen LogP contribution is 2.05. The molecule has 9 nitrogen and oxygen atoms in total. The lowest BCUT2D eigenvalue weighted by molar-refractivity contribution is -0.172. The fraction of sp³-hybridized carbons (Fsp3) is 0.667. The third-order valence-electron chi connectivity index (χ3n) is 1.50. The average Bonchev–Trinajstić information content (AvgIpc) is 2.12. The Labute approximate surface area is 83.8 Å². The van der Waals surface area contributed by atoms with Crippen molar-refractivity contribution < 1.29 is 40.2 Å². The Morgan fingerprint density at radius 1 is 0.733 bits per heavy atom. The first kappa shape index (κ1) is 16.2. The van der Waals surface area contributed by atoms with Crippen LogP contribution >= 0.6 is 0 Å². The molecule has 0 radical (unpaired) electrons. The molecule has 0 aromatic rings. The van der Waals surface area contributed by atoms with E-state index in [1.807, 2.05) is 0 Å². The van der Waals surface area contributed by atoms with Crippen LogP contribution in [0, 0.1) is 0 Å². The molecule has 0 bridgehead atoms. The van der Waals surface area contributed by atoms with E-state index in [1.165, 1.54) is 0 Å². The van der Waals surface area contributed by atoms with E-state index >= 15 is 0 Å². The van der Waals surface area contributed by atoms with Crippen LogP contribution in [0.5, 0.6) is 0 Å². The summed E-state index contributed by atoms with van der Waals surface area (Å²) in [6, 6.07) is 0. The van der Waals surface area contributed by atoms with Crippen LogP contribution in [-0.2, 0) is 9.59 Å². The molecule has 0 amide bonds. The molecule has 0 aliphatic carbocycles. The first-order valence-corrected chi connectivity index (χ1v) is 3.47. The van der Waals surface area contributed by atoms with E-state index in [2.05, 4.69) is 0 Å². The van der Waals surface area contributed by atoms with Crippen LogP contribution < -0.4 is 6.15 Å². The van der Waals surface area contributed by atoms with E-state index in [-0.39, 0.29) is 6.15 Å². The van der Waals surface area contributed by atoms with Gasteiger partial charge in [0.1, 0.15) is 12.2 Å². The van der Waals surface area contributed by atoms with Crippen LogP contribution in [-0.4, -0.2) is 67.0 Å². The van der Waals surface area contributed by atoms with Crippen LogP contribution in [0.25, 0.3) is 0 Å². The first-order chi connectivity index (χ1) is 6.29. The van der Waals surface area contributed by atoms with Crippen molar-refractivity contribution in [3.63, 3.8) is 0 Å². The van der Waals surface area contributed by atoms with E-state index in [0.717, 1.165) is 0 Å². The molecule has 90 valence electrons. The van der Waals surface area contributed by atoms with Gasteiger partial charge in [0.2, 0.25) is 0 Å². The number of aliphatic hydroxyl groups is 4. The summed E-state index contributed by atoms with van der Waals surface area (Å²) in [4.78, 5) is 20.2. The fourth-order valence-corrected chi connectivity index (χ4v) is 0.666. The lowest BCUT2D eigenvalue weighted by atomic mass is 10.0. The molecule has 9 heteroatoms. The minimum absolute atomic E-state index is 0. The summed E-state index contributed by atoms with van der Waals surface area (Å²) in [5.74, 6) is -3.68. The molecule has 0 fully saturated rings. The second-order valence-corrected chi connectivity index (χ2v) is 2.55. The lowest BCUT2D eigenvalue weighted by Gasteiger charge is -2.21. The molecule has 0 saturated carbocycles. The van der Waals surface area contributed by atoms with Gasteiger partial charge in [-0.2, -0.15) is 0 Å². The number of carbonyl (C=O) groups is 2. The van der Waals surface area contributed by atoms with Gasteiger partial charge in [0.05, 0.1) is 0 Å². The maximum absolute atomic E-state index is 10.1. The van der Waals surface area contributed by atoms with Crippen molar-refractivity contribution in [3.05, 3.63) is 0 Å². The molecule has 4 atom stereocenters. The monoisotopic (exact) mass is 228 g/mol. The predicted molar refractivity (Wildman–Crippen MR) is 45.3 cm³/mol. The molecule has 0 spiro atoms. The van der Waals surface area contributed by atoms with Crippen LogP contribution in [0.2, 0.25) is 0 Å². The van der Waals surface area contributed by atoms with Crippen molar-refractivity contribution in [2.24, 2.45) is 0 Å². The van der Waals surface area contributed by atoms with Crippen LogP contribution in [0.15, 0.2) is 0 Å². The van der Waals surface area contributed by atoms with Gasteiger partial charge >= 0.3 is 11.9 Å². The van der Waals surface area contributed by atoms with Gasteiger partial charge in [-0.15, -0.1) is 0 Å². The number of carboxylic acids is 2. The average molecular weight is 228 g/mol. The molecular weight excluding hydrogens is 214 g/mol. The molecule has 0 unspecified atom stereocenters. The number of rotatable bonds is 5. The van der Waals surface area contributed by atoms with E-state index in [4.69, 9.17) is 30.6 Å². The highest BCUT2D eigenvalue weighted by Gasteiger charge is 2.37. The van der Waals surface area contributed by atoms with Crippen LogP contribution in [0.3, 0.4) is 0 Å². The number of carboxylic acid groups (broad SMARTS) is 2. The van der Waals surface area contributed by atoms with Crippen LogP contribution in [0.1, 0.15) is 0 Å².